The van der Waals surface area contributed by atoms with Gasteiger partial charge in [0.15, 0.2) is 0 Å². The number of nitrogens with one attached hydrogen (secondary N) is 1. The fourth-order valence-corrected chi connectivity index (χ4v) is 4.55. The number of nitrogens with zero attached hydrogens (tertiary/aromatic N) is 1. The molecule has 1 amide bonds. The van der Waals surface area contributed by atoms with Crippen LogP contribution in [0.3, 0.4) is 0 Å². The minimum atomic E-state index is -0.822. The Morgan fingerprint density at radius 2 is 2.15 bits per heavy atom. The first kappa shape index (κ1) is 13.9. The summed E-state index contributed by atoms with van der Waals surface area (Å²) < 4.78 is 0. The smallest absolute Gasteiger partial charge is 0.326 e. The van der Waals surface area contributed by atoms with E-state index < -0.39 is 17.6 Å². The predicted molar refractivity (Wildman–Crippen MR) is 74.2 cm³/mol. The standard InChI is InChI=1S/C15H24N2O3/c1-2-15(7-4-8-16-15)14(20)17-9-10-5-3-6-11(10)12(17)13(18)19/h10-12,16H,2-9H2,1H3,(H,18,19). The molecule has 5 nitrogen and oxygen atoms in total. The molecule has 20 heavy (non-hydrogen) atoms. The normalized spacial score (nSPS) is 40.0. The highest BCUT2D eigenvalue weighted by molar-refractivity contribution is 5.91. The first-order valence-corrected chi connectivity index (χ1v) is 7.88. The SMILES string of the molecule is CCC1(C(=O)N2CC3CCCC3C2C(=O)O)CCCN1. The third-order valence-electron chi connectivity index (χ3n) is 5.66. The molecule has 0 bridgehead atoms. The van der Waals surface area contributed by atoms with Crippen molar-refractivity contribution in [2.45, 2.75) is 57.0 Å². The third-order valence-corrected chi connectivity index (χ3v) is 5.66. The van der Waals surface area contributed by atoms with Gasteiger partial charge in [0, 0.05) is 6.54 Å². The maximum atomic E-state index is 12.9. The number of hydrogen-bond acceptors (Lipinski definition) is 3. The van der Waals surface area contributed by atoms with E-state index in [0.717, 1.165) is 45.1 Å². The molecule has 112 valence electrons. The van der Waals surface area contributed by atoms with Gasteiger partial charge in [-0.25, -0.2) is 4.79 Å². The summed E-state index contributed by atoms with van der Waals surface area (Å²) in [6, 6.07) is -0.596. The monoisotopic (exact) mass is 280 g/mol. The topological polar surface area (TPSA) is 69.6 Å². The summed E-state index contributed by atoms with van der Waals surface area (Å²) >= 11 is 0. The second kappa shape index (κ2) is 5.02. The number of amides is 1. The summed E-state index contributed by atoms with van der Waals surface area (Å²) in [6.45, 7) is 3.52. The van der Waals surface area contributed by atoms with Gasteiger partial charge in [-0.3, -0.25) is 4.79 Å². The Labute approximate surface area is 119 Å². The molecule has 0 radical (unpaired) electrons. The molecule has 2 N–H and O–H groups in total. The number of carboxylic acid groups (broad SMARTS) is 1. The zero-order valence-corrected chi connectivity index (χ0v) is 12.1. The molecule has 3 rings (SSSR count). The Bertz CT molecular complexity index is 417. The van der Waals surface area contributed by atoms with Crippen LogP contribution in [0.25, 0.3) is 0 Å². The van der Waals surface area contributed by atoms with Crippen molar-refractivity contribution in [2.75, 3.05) is 13.1 Å². The summed E-state index contributed by atoms with van der Waals surface area (Å²) in [7, 11) is 0. The second-order valence-corrected chi connectivity index (χ2v) is 6.56. The second-order valence-electron chi connectivity index (χ2n) is 6.56. The zero-order valence-electron chi connectivity index (χ0n) is 12.1. The molecule has 0 spiro atoms. The highest BCUT2D eigenvalue weighted by Crippen LogP contribution is 2.43. The predicted octanol–water partition coefficient (Wildman–Crippen LogP) is 1.23. The van der Waals surface area contributed by atoms with Crippen LogP contribution in [0, 0.1) is 11.8 Å². The molecule has 2 saturated heterocycles. The molecule has 0 aromatic carbocycles. The molecule has 2 heterocycles. The van der Waals surface area contributed by atoms with Gasteiger partial charge in [-0.15, -0.1) is 0 Å². The Hall–Kier alpha value is -1.10. The van der Waals surface area contributed by atoms with Crippen molar-refractivity contribution >= 4 is 11.9 Å². The fraction of sp³-hybridized carbons (Fsp3) is 0.867. The molecule has 2 aliphatic heterocycles. The van der Waals surface area contributed by atoms with E-state index in [0.29, 0.717) is 12.5 Å². The van der Waals surface area contributed by atoms with Crippen LogP contribution in [0.4, 0.5) is 0 Å². The number of hydrogen-bond donors (Lipinski definition) is 2. The van der Waals surface area contributed by atoms with Crippen molar-refractivity contribution in [3.63, 3.8) is 0 Å². The fourth-order valence-electron chi connectivity index (χ4n) is 4.55. The van der Waals surface area contributed by atoms with E-state index >= 15 is 0 Å². The van der Waals surface area contributed by atoms with E-state index in [4.69, 9.17) is 0 Å². The van der Waals surface area contributed by atoms with Crippen LogP contribution in [-0.2, 0) is 9.59 Å². The summed E-state index contributed by atoms with van der Waals surface area (Å²) in [5.41, 5.74) is -0.508. The van der Waals surface area contributed by atoms with Gasteiger partial charge in [-0.1, -0.05) is 13.3 Å². The lowest BCUT2D eigenvalue weighted by atomic mass is 9.91. The highest BCUT2D eigenvalue weighted by Gasteiger charge is 2.53. The summed E-state index contributed by atoms with van der Waals surface area (Å²) in [4.78, 5) is 26.3. The van der Waals surface area contributed by atoms with Crippen LogP contribution in [0.15, 0.2) is 0 Å². The van der Waals surface area contributed by atoms with E-state index in [9.17, 15) is 14.7 Å². The molecular weight excluding hydrogens is 256 g/mol. The van der Waals surface area contributed by atoms with Crippen LogP contribution >= 0.6 is 0 Å². The van der Waals surface area contributed by atoms with Gasteiger partial charge >= 0.3 is 5.97 Å². The van der Waals surface area contributed by atoms with Gasteiger partial charge in [-0.05, 0) is 50.5 Å². The van der Waals surface area contributed by atoms with Crippen LogP contribution in [0.2, 0.25) is 0 Å². The van der Waals surface area contributed by atoms with Crippen molar-refractivity contribution in [3.8, 4) is 0 Å². The Morgan fingerprint density at radius 1 is 1.35 bits per heavy atom. The Balaban J connectivity index is 1.85. The summed E-state index contributed by atoms with van der Waals surface area (Å²) in [6.07, 6.45) is 5.71. The highest BCUT2D eigenvalue weighted by atomic mass is 16.4. The van der Waals surface area contributed by atoms with Crippen molar-refractivity contribution in [1.29, 1.82) is 0 Å². The van der Waals surface area contributed by atoms with E-state index in [2.05, 4.69) is 5.32 Å². The average molecular weight is 280 g/mol. The van der Waals surface area contributed by atoms with Crippen LogP contribution in [-0.4, -0.2) is 46.6 Å². The molecule has 3 fully saturated rings. The molecule has 4 unspecified atom stereocenters. The lowest BCUT2D eigenvalue weighted by Gasteiger charge is -2.34. The average Bonchev–Trinajstić information content (AvgIpc) is 3.12. The van der Waals surface area contributed by atoms with Gasteiger partial charge in [0.25, 0.3) is 0 Å². The van der Waals surface area contributed by atoms with E-state index in [1.165, 1.54) is 0 Å². The largest absolute Gasteiger partial charge is 0.480 e. The molecule has 1 aliphatic carbocycles. The van der Waals surface area contributed by atoms with Gasteiger partial charge in [0.2, 0.25) is 5.91 Å². The van der Waals surface area contributed by atoms with Gasteiger partial charge in [0.05, 0.1) is 5.54 Å². The third kappa shape index (κ3) is 1.94. The number of likely N-dealkylation sites (tertiary alicyclic amines) is 1. The molecule has 3 aliphatic rings. The molecule has 5 heteroatoms. The number of aliphatic carboxylic acids is 1. The zero-order chi connectivity index (χ0) is 14.3. The van der Waals surface area contributed by atoms with Crippen molar-refractivity contribution in [1.82, 2.24) is 10.2 Å². The Morgan fingerprint density at radius 3 is 2.75 bits per heavy atom. The summed E-state index contributed by atoms with van der Waals surface area (Å²) in [5, 5.41) is 12.9. The number of rotatable bonds is 3. The quantitative estimate of drug-likeness (QED) is 0.816. The van der Waals surface area contributed by atoms with Crippen LogP contribution in [0.5, 0.6) is 0 Å². The van der Waals surface area contributed by atoms with E-state index in [1.54, 1.807) is 4.90 Å². The van der Waals surface area contributed by atoms with E-state index in [-0.39, 0.29) is 11.8 Å². The van der Waals surface area contributed by atoms with Crippen LogP contribution in [0.1, 0.15) is 45.4 Å². The minimum Gasteiger partial charge on any atom is -0.480 e. The molecular formula is C15H24N2O3. The van der Waals surface area contributed by atoms with Gasteiger partial charge in [-0.2, -0.15) is 0 Å². The number of carbonyl (C=O) groups excluding carboxylic acids is 1. The lowest BCUT2D eigenvalue weighted by Crippen LogP contribution is -2.57. The lowest BCUT2D eigenvalue weighted by molar-refractivity contribution is -0.152. The maximum Gasteiger partial charge on any atom is 0.326 e. The maximum absolute atomic E-state index is 12.9. The molecule has 0 aromatic heterocycles. The number of carbonyl (C=O) groups is 2. The number of fused-ring (bicyclic) bond motifs is 1. The van der Waals surface area contributed by atoms with Gasteiger partial charge < -0.3 is 15.3 Å². The van der Waals surface area contributed by atoms with Gasteiger partial charge in [0.1, 0.15) is 6.04 Å². The minimum absolute atomic E-state index is 0.0271. The van der Waals surface area contributed by atoms with Crippen molar-refractivity contribution < 1.29 is 14.7 Å². The Kier molecular flexibility index (Phi) is 3.48. The number of carboxylic acids is 1. The molecule has 4 atom stereocenters. The molecule has 0 aromatic rings. The first-order valence-electron chi connectivity index (χ1n) is 7.88. The first-order chi connectivity index (χ1) is 9.59. The van der Waals surface area contributed by atoms with Crippen molar-refractivity contribution in [3.05, 3.63) is 0 Å². The van der Waals surface area contributed by atoms with Crippen molar-refractivity contribution in [2.24, 2.45) is 11.8 Å². The van der Waals surface area contributed by atoms with E-state index in [1.807, 2.05) is 6.92 Å². The molecule has 1 saturated carbocycles. The van der Waals surface area contributed by atoms with Crippen LogP contribution < -0.4 is 5.32 Å². The summed E-state index contributed by atoms with van der Waals surface area (Å²) in [5.74, 6) is -0.224.